The molecule has 1 amide bonds. The van der Waals surface area contributed by atoms with Crippen molar-refractivity contribution in [3.8, 4) is 0 Å². The van der Waals surface area contributed by atoms with E-state index in [4.69, 9.17) is 5.11 Å². The highest BCUT2D eigenvalue weighted by Gasteiger charge is 2.36. The summed E-state index contributed by atoms with van der Waals surface area (Å²) in [5.41, 5.74) is -0.203. The molecule has 0 aliphatic heterocycles. The SMILES string of the molecule is CCN(CC(=O)O)C1CC(NS(=O)(=O)c2ccc(F)c(NC(C)=O)c2)C1. The first-order valence-corrected chi connectivity index (χ1v) is 9.66. The maximum Gasteiger partial charge on any atom is 0.317 e. The topological polar surface area (TPSA) is 116 Å². The summed E-state index contributed by atoms with van der Waals surface area (Å²) in [7, 11) is -3.88. The molecule has 2 rings (SSSR count). The van der Waals surface area contributed by atoms with E-state index in [0.29, 0.717) is 19.4 Å². The van der Waals surface area contributed by atoms with Crippen LogP contribution in [0.3, 0.4) is 0 Å². The van der Waals surface area contributed by atoms with Crippen LogP contribution < -0.4 is 10.0 Å². The molecule has 1 saturated carbocycles. The Morgan fingerprint density at radius 1 is 1.35 bits per heavy atom. The van der Waals surface area contributed by atoms with Gasteiger partial charge in [0.25, 0.3) is 0 Å². The molecule has 1 aliphatic rings. The largest absolute Gasteiger partial charge is 0.480 e. The van der Waals surface area contributed by atoms with Crippen LogP contribution in [0.1, 0.15) is 26.7 Å². The van der Waals surface area contributed by atoms with Gasteiger partial charge < -0.3 is 10.4 Å². The van der Waals surface area contributed by atoms with Crippen LogP contribution in [0.2, 0.25) is 0 Å². The first kappa shape index (κ1) is 20.3. The van der Waals surface area contributed by atoms with Crippen molar-refractivity contribution in [2.45, 2.75) is 43.7 Å². The van der Waals surface area contributed by atoms with Crippen LogP contribution >= 0.6 is 0 Å². The number of carbonyl (C=O) groups excluding carboxylic acids is 1. The fraction of sp³-hybridized carbons (Fsp3) is 0.500. The molecule has 0 saturated heterocycles. The molecule has 1 fully saturated rings. The molecule has 26 heavy (non-hydrogen) atoms. The second-order valence-corrected chi connectivity index (χ2v) is 7.94. The molecule has 1 aromatic rings. The lowest BCUT2D eigenvalue weighted by atomic mass is 9.86. The number of aliphatic carboxylic acids is 1. The van der Waals surface area contributed by atoms with E-state index in [1.165, 1.54) is 6.92 Å². The molecule has 0 bridgehead atoms. The van der Waals surface area contributed by atoms with Gasteiger partial charge >= 0.3 is 5.97 Å². The van der Waals surface area contributed by atoms with Crippen LogP contribution in [0.25, 0.3) is 0 Å². The minimum Gasteiger partial charge on any atom is -0.480 e. The number of benzene rings is 1. The molecule has 1 aliphatic carbocycles. The Bertz CT molecular complexity index is 793. The Balaban J connectivity index is 2.02. The molecule has 0 radical (unpaired) electrons. The Labute approximate surface area is 151 Å². The average molecular weight is 387 g/mol. The van der Waals surface area contributed by atoms with Crippen LogP contribution in [0.5, 0.6) is 0 Å². The monoisotopic (exact) mass is 387 g/mol. The number of rotatable bonds is 8. The maximum absolute atomic E-state index is 13.7. The van der Waals surface area contributed by atoms with Gasteiger partial charge in [-0.1, -0.05) is 6.92 Å². The third kappa shape index (κ3) is 4.99. The summed E-state index contributed by atoms with van der Waals surface area (Å²) in [4.78, 5) is 23.5. The van der Waals surface area contributed by atoms with Crippen molar-refractivity contribution in [2.75, 3.05) is 18.4 Å². The number of likely N-dealkylation sites (N-methyl/N-ethyl adjacent to an activating group) is 1. The van der Waals surface area contributed by atoms with E-state index in [2.05, 4.69) is 10.0 Å². The fourth-order valence-electron chi connectivity index (χ4n) is 2.90. The summed E-state index contributed by atoms with van der Waals surface area (Å²) in [6, 6.07) is 2.86. The van der Waals surface area contributed by atoms with E-state index in [1.807, 2.05) is 6.92 Å². The summed E-state index contributed by atoms with van der Waals surface area (Å²) < 4.78 is 41.1. The van der Waals surface area contributed by atoms with Crippen molar-refractivity contribution in [1.29, 1.82) is 0 Å². The van der Waals surface area contributed by atoms with Crippen LogP contribution in [0.15, 0.2) is 23.1 Å². The van der Waals surface area contributed by atoms with Crippen molar-refractivity contribution in [3.05, 3.63) is 24.0 Å². The Morgan fingerprint density at radius 3 is 2.54 bits per heavy atom. The number of nitrogens with one attached hydrogen (secondary N) is 2. The van der Waals surface area contributed by atoms with E-state index in [1.54, 1.807) is 4.90 Å². The third-order valence-electron chi connectivity index (χ3n) is 4.25. The van der Waals surface area contributed by atoms with Gasteiger partial charge in [-0.05, 0) is 37.6 Å². The molecule has 144 valence electrons. The zero-order valence-electron chi connectivity index (χ0n) is 14.5. The molecule has 0 spiro atoms. The first-order chi connectivity index (χ1) is 12.1. The van der Waals surface area contributed by atoms with Gasteiger partial charge in [-0.25, -0.2) is 17.5 Å². The Morgan fingerprint density at radius 2 is 2.00 bits per heavy atom. The van der Waals surface area contributed by atoms with E-state index in [0.717, 1.165) is 18.2 Å². The standard InChI is InChI=1S/C16H22FN3O5S/c1-3-20(9-16(22)23)12-6-11(7-12)19-26(24,25)13-4-5-14(17)15(8-13)18-10(2)21/h4-5,8,11-12,19H,3,6-7,9H2,1-2H3,(H,18,21)(H,22,23). The summed E-state index contributed by atoms with van der Waals surface area (Å²) in [5, 5.41) is 11.1. The van der Waals surface area contributed by atoms with Crippen LogP contribution in [0, 0.1) is 5.82 Å². The Hall–Kier alpha value is -2.04. The highest BCUT2D eigenvalue weighted by Crippen LogP contribution is 2.28. The second kappa shape index (κ2) is 8.11. The van der Waals surface area contributed by atoms with Crippen molar-refractivity contribution in [2.24, 2.45) is 0 Å². The molecule has 8 nitrogen and oxygen atoms in total. The van der Waals surface area contributed by atoms with Gasteiger partial charge in [0.2, 0.25) is 15.9 Å². The lowest BCUT2D eigenvalue weighted by Gasteiger charge is -2.42. The van der Waals surface area contributed by atoms with Crippen LogP contribution in [-0.2, 0) is 19.6 Å². The molecule has 10 heteroatoms. The van der Waals surface area contributed by atoms with Gasteiger partial charge in [-0.15, -0.1) is 0 Å². The van der Waals surface area contributed by atoms with Gasteiger partial charge in [-0.3, -0.25) is 14.5 Å². The van der Waals surface area contributed by atoms with E-state index < -0.39 is 27.7 Å². The number of amides is 1. The summed E-state index contributed by atoms with van der Waals surface area (Å²) in [6.07, 6.45) is 1.00. The minimum atomic E-state index is -3.88. The molecule has 0 unspecified atom stereocenters. The third-order valence-corrected chi connectivity index (χ3v) is 5.77. The van der Waals surface area contributed by atoms with Crippen LogP contribution in [0.4, 0.5) is 10.1 Å². The second-order valence-electron chi connectivity index (χ2n) is 6.22. The van der Waals surface area contributed by atoms with E-state index in [-0.39, 0.29) is 29.2 Å². The number of carbonyl (C=O) groups is 2. The zero-order chi connectivity index (χ0) is 19.5. The van der Waals surface area contributed by atoms with E-state index in [9.17, 15) is 22.4 Å². The smallest absolute Gasteiger partial charge is 0.317 e. The van der Waals surface area contributed by atoms with Gasteiger partial charge in [0.1, 0.15) is 5.82 Å². The number of carboxylic acid groups (broad SMARTS) is 1. The van der Waals surface area contributed by atoms with E-state index >= 15 is 0 Å². The van der Waals surface area contributed by atoms with Gasteiger partial charge in [-0.2, -0.15) is 0 Å². The minimum absolute atomic E-state index is 0.00644. The molecule has 3 N–H and O–H groups in total. The molecular formula is C16H22FN3O5S. The molecule has 0 aromatic heterocycles. The van der Waals surface area contributed by atoms with Crippen molar-refractivity contribution >= 4 is 27.6 Å². The van der Waals surface area contributed by atoms with Crippen LogP contribution in [-0.4, -0.2) is 55.5 Å². The molecular weight excluding hydrogens is 365 g/mol. The van der Waals surface area contributed by atoms with Crippen molar-refractivity contribution in [1.82, 2.24) is 9.62 Å². The molecule has 0 atom stereocenters. The lowest BCUT2D eigenvalue weighted by Crippen LogP contribution is -2.54. The number of halogens is 1. The fourth-order valence-corrected chi connectivity index (χ4v) is 4.19. The number of sulfonamides is 1. The lowest BCUT2D eigenvalue weighted by molar-refractivity contribution is -0.139. The molecule has 0 heterocycles. The number of nitrogens with zero attached hydrogens (tertiary/aromatic N) is 1. The normalized spacial score (nSPS) is 19.8. The predicted molar refractivity (Wildman–Crippen MR) is 92.7 cm³/mol. The Kier molecular flexibility index (Phi) is 6.32. The van der Waals surface area contributed by atoms with Crippen molar-refractivity contribution < 1.29 is 27.5 Å². The average Bonchev–Trinajstić information content (AvgIpc) is 2.50. The summed E-state index contributed by atoms with van der Waals surface area (Å²) in [5.74, 6) is -2.16. The summed E-state index contributed by atoms with van der Waals surface area (Å²) in [6.45, 7) is 3.53. The number of hydrogen-bond acceptors (Lipinski definition) is 5. The quantitative estimate of drug-likeness (QED) is 0.613. The highest BCUT2D eigenvalue weighted by molar-refractivity contribution is 7.89. The van der Waals surface area contributed by atoms with Crippen molar-refractivity contribution in [3.63, 3.8) is 0 Å². The number of carboxylic acids is 1. The van der Waals surface area contributed by atoms with Gasteiger partial charge in [0, 0.05) is 19.0 Å². The summed E-state index contributed by atoms with van der Waals surface area (Å²) >= 11 is 0. The van der Waals surface area contributed by atoms with Gasteiger partial charge in [0.05, 0.1) is 17.1 Å². The highest BCUT2D eigenvalue weighted by atomic mass is 32.2. The number of hydrogen-bond donors (Lipinski definition) is 3. The van der Waals surface area contributed by atoms with Gasteiger partial charge in [0.15, 0.2) is 0 Å². The predicted octanol–water partition coefficient (Wildman–Crippen LogP) is 1.000. The maximum atomic E-state index is 13.7. The zero-order valence-corrected chi connectivity index (χ0v) is 15.3. The number of anilines is 1. The molecule has 1 aromatic carbocycles. The first-order valence-electron chi connectivity index (χ1n) is 8.17.